The van der Waals surface area contributed by atoms with Crippen molar-refractivity contribution in [3.8, 4) is 0 Å². The Morgan fingerprint density at radius 2 is 1.85 bits per heavy atom. The van der Waals surface area contributed by atoms with Gasteiger partial charge in [0.1, 0.15) is 10.7 Å². The van der Waals surface area contributed by atoms with E-state index in [1.807, 2.05) is 79.7 Å². The maximum Gasteiger partial charge on any atom is 0.275 e. The van der Waals surface area contributed by atoms with Crippen molar-refractivity contribution in [2.45, 2.75) is 42.8 Å². The van der Waals surface area contributed by atoms with Gasteiger partial charge in [0.2, 0.25) is 0 Å². The van der Waals surface area contributed by atoms with Crippen LogP contribution in [0, 0.1) is 6.92 Å². The van der Waals surface area contributed by atoms with E-state index in [0.717, 1.165) is 31.6 Å². The molecule has 5 aromatic rings. The first-order chi connectivity index (χ1) is 20.0. The molecule has 1 amide bonds. The average molecular weight is 586 g/mol. The summed E-state index contributed by atoms with van der Waals surface area (Å²) < 4.78 is 13.8. The number of aryl methyl sites for hydroxylation is 1. The van der Waals surface area contributed by atoms with Crippen LogP contribution in [-0.4, -0.2) is 43.0 Å². The summed E-state index contributed by atoms with van der Waals surface area (Å²) in [5.74, 6) is 0.339. The quantitative estimate of drug-likeness (QED) is 0.215. The van der Waals surface area contributed by atoms with Gasteiger partial charge >= 0.3 is 0 Å². The second kappa shape index (κ2) is 12.4. The van der Waals surface area contributed by atoms with Crippen LogP contribution in [0.15, 0.2) is 83.3 Å². The first-order valence-electron chi connectivity index (χ1n) is 13.1. The number of aliphatic hydroxyl groups is 1. The molecule has 11 heteroatoms. The van der Waals surface area contributed by atoms with Crippen LogP contribution in [0.2, 0.25) is 0 Å². The maximum absolute atomic E-state index is 13.0. The van der Waals surface area contributed by atoms with Gasteiger partial charge in [-0.15, -0.1) is 10.2 Å². The highest BCUT2D eigenvalue weighted by Crippen LogP contribution is 2.40. The zero-order valence-electron chi connectivity index (χ0n) is 22.1. The predicted octanol–water partition coefficient (Wildman–Crippen LogP) is 5.87. The Labute approximate surface area is 245 Å². The Kier molecular flexibility index (Phi) is 8.31. The van der Waals surface area contributed by atoms with Crippen molar-refractivity contribution in [3.63, 3.8) is 0 Å². The van der Waals surface area contributed by atoms with Crippen LogP contribution in [0.4, 0.5) is 5.69 Å². The summed E-state index contributed by atoms with van der Waals surface area (Å²) in [7, 11) is 0. The van der Waals surface area contributed by atoms with E-state index in [0.29, 0.717) is 23.4 Å². The topological polar surface area (TPSA) is 119 Å². The number of thioether (sulfide) groups is 1. The number of rotatable bonds is 8. The van der Waals surface area contributed by atoms with Crippen LogP contribution in [0.25, 0.3) is 11.0 Å². The summed E-state index contributed by atoms with van der Waals surface area (Å²) in [5.41, 5.74) is 4.85. The fourth-order valence-corrected chi connectivity index (χ4v) is 6.41. The van der Waals surface area contributed by atoms with Crippen LogP contribution in [0.1, 0.15) is 51.0 Å². The number of amides is 1. The molecule has 1 aliphatic rings. The van der Waals surface area contributed by atoms with Gasteiger partial charge in [0.25, 0.3) is 5.91 Å². The van der Waals surface area contributed by atoms with E-state index in [-0.39, 0.29) is 30.4 Å². The summed E-state index contributed by atoms with van der Waals surface area (Å²) >= 11 is 3.18. The lowest BCUT2D eigenvalue weighted by Gasteiger charge is -2.36. The number of hydrogen-bond donors (Lipinski definition) is 2. The number of nitrogens with one attached hydrogen (secondary N) is 1. The normalized spacial score (nSPS) is 18.8. The Hall–Kier alpha value is -3.74. The number of anilines is 1. The van der Waals surface area contributed by atoms with Crippen molar-refractivity contribution in [2.24, 2.45) is 0 Å². The monoisotopic (exact) mass is 585 g/mol. The molecule has 6 rings (SSSR count). The number of aromatic nitrogens is 4. The smallest absolute Gasteiger partial charge is 0.275 e. The first-order valence-corrected chi connectivity index (χ1v) is 14.9. The van der Waals surface area contributed by atoms with Gasteiger partial charge in [0, 0.05) is 23.4 Å². The third kappa shape index (κ3) is 6.61. The zero-order valence-corrected chi connectivity index (χ0v) is 23.8. The van der Waals surface area contributed by atoms with E-state index < -0.39 is 6.29 Å². The Balaban J connectivity index is 1.21. The van der Waals surface area contributed by atoms with Crippen LogP contribution in [-0.2, 0) is 16.1 Å². The summed E-state index contributed by atoms with van der Waals surface area (Å²) in [5, 5.41) is 21.6. The number of para-hydroxylation sites is 2. The van der Waals surface area contributed by atoms with E-state index >= 15 is 0 Å². The molecule has 41 heavy (non-hydrogen) atoms. The summed E-state index contributed by atoms with van der Waals surface area (Å²) in [6.07, 6.45) is 1.16. The molecule has 0 aliphatic carbocycles. The Morgan fingerprint density at radius 1 is 1.02 bits per heavy atom. The molecule has 1 saturated heterocycles. The molecule has 3 aromatic carbocycles. The van der Waals surface area contributed by atoms with Crippen molar-refractivity contribution in [3.05, 3.63) is 106 Å². The van der Waals surface area contributed by atoms with Crippen LogP contribution >= 0.6 is 23.1 Å². The molecular weight excluding hydrogens is 558 g/mol. The molecular formula is C30H27N5O4S2. The van der Waals surface area contributed by atoms with Crippen LogP contribution < -0.4 is 5.32 Å². The third-order valence-electron chi connectivity index (χ3n) is 6.61. The molecule has 1 fully saturated rings. The van der Waals surface area contributed by atoms with Crippen molar-refractivity contribution >= 4 is 45.7 Å². The van der Waals surface area contributed by atoms with Crippen molar-refractivity contribution in [2.75, 3.05) is 11.1 Å². The number of benzene rings is 3. The lowest BCUT2D eigenvalue weighted by atomic mass is 10.0. The van der Waals surface area contributed by atoms with Gasteiger partial charge in [0.05, 0.1) is 36.0 Å². The molecule has 2 N–H and O–H groups in total. The van der Waals surface area contributed by atoms with Gasteiger partial charge < -0.3 is 19.9 Å². The number of nitrogens with zero attached hydrogens (tertiary/aromatic N) is 4. The summed E-state index contributed by atoms with van der Waals surface area (Å²) in [6, 6.07) is 22.7. The largest absolute Gasteiger partial charge is 0.392 e. The highest BCUT2D eigenvalue weighted by atomic mass is 32.2. The van der Waals surface area contributed by atoms with Crippen LogP contribution in [0.3, 0.4) is 0 Å². The molecule has 0 radical (unpaired) electrons. The second-order valence-electron chi connectivity index (χ2n) is 9.57. The van der Waals surface area contributed by atoms with Gasteiger partial charge in [0.15, 0.2) is 10.6 Å². The number of ether oxygens (including phenoxy) is 2. The minimum absolute atomic E-state index is 0.0125. The second-order valence-corrected chi connectivity index (χ2v) is 12.0. The number of hydrogen-bond acceptors (Lipinski definition) is 10. The molecule has 3 atom stereocenters. The highest BCUT2D eigenvalue weighted by Gasteiger charge is 2.32. The fraction of sp³-hybridized carbons (Fsp3) is 0.233. The molecule has 208 valence electrons. The molecule has 0 bridgehead atoms. The third-order valence-corrected chi connectivity index (χ3v) is 8.72. The van der Waals surface area contributed by atoms with E-state index in [4.69, 9.17) is 9.47 Å². The number of fused-ring (bicyclic) bond motifs is 1. The summed E-state index contributed by atoms with van der Waals surface area (Å²) in [6.45, 7) is 1.93. The van der Waals surface area contributed by atoms with Crippen molar-refractivity contribution < 1.29 is 19.4 Å². The Bertz CT molecular complexity index is 1660. The highest BCUT2D eigenvalue weighted by molar-refractivity contribution is 8.01. The lowest BCUT2D eigenvalue weighted by molar-refractivity contribution is -0.245. The Morgan fingerprint density at radius 3 is 2.63 bits per heavy atom. The molecule has 2 aromatic heterocycles. The maximum atomic E-state index is 13.0. The minimum atomic E-state index is -0.648. The van der Waals surface area contributed by atoms with Crippen molar-refractivity contribution in [1.29, 1.82) is 0 Å². The van der Waals surface area contributed by atoms with Gasteiger partial charge in [-0.25, -0.2) is 4.98 Å². The van der Waals surface area contributed by atoms with E-state index in [1.165, 1.54) is 6.20 Å². The molecule has 3 heterocycles. The molecule has 0 saturated carbocycles. The SMILES string of the molecule is Cc1nnc(SC[C@@H]2C[C@H](c3ccc(CO)cc3)O[C@H](c3cccc(NC(=O)c4cnc5ccccc5n4)c3)O2)s1. The molecule has 0 spiro atoms. The number of carbonyl (C=O) groups excluding carboxylic acids is 1. The fourth-order valence-electron chi connectivity index (χ4n) is 4.55. The van der Waals surface area contributed by atoms with E-state index in [2.05, 4.69) is 25.5 Å². The zero-order chi connectivity index (χ0) is 28.2. The van der Waals surface area contributed by atoms with E-state index in [1.54, 1.807) is 23.1 Å². The van der Waals surface area contributed by atoms with Crippen molar-refractivity contribution in [1.82, 2.24) is 20.2 Å². The van der Waals surface area contributed by atoms with Gasteiger partial charge in [-0.3, -0.25) is 9.78 Å². The standard InChI is InChI=1S/C30H27N5O4S2/c1-18-34-35-30(41-18)40-17-23-14-27(20-11-9-19(16-36)10-12-20)39-29(38-23)21-5-4-6-22(13-21)32-28(37)26-15-31-24-7-2-3-8-25(24)33-26/h2-13,15,23,27,29,36H,14,16-17H2,1H3,(H,32,37)/t23-,27+,29+/m0/s1. The van der Waals surface area contributed by atoms with Crippen LogP contribution in [0.5, 0.6) is 0 Å². The summed E-state index contributed by atoms with van der Waals surface area (Å²) in [4.78, 5) is 21.8. The average Bonchev–Trinajstić information content (AvgIpc) is 3.44. The van der Waals surface area contributed by atoms with Gasteiger partial charge in [-0.1, -0.05) is 71.6 Å². The number of aliphatic hydroxyl groups excluding tert-OH is 1. The molecule has 0 unspecified atom stereocenters. The molecule has 1 aliphatic heterocycles. The predicted molar refractivity (Wildman–Crippen MR) is 158 cm³/mol. The lowest BCUT2D eigenvalue weighted by Crippen LogP contribution is -2.31. The molecule has 9 nitrogen and oxygen atoms in total. The minimum Gasteiger partial charge on any atom is -0.392 e. The number of carbonyl (C=O) groups is 1. The van der Waals surface area contributed by atoms with E-state index in [9.17, 15) is 9.90 Å². The van der Waals surface area contributed by atoms with Gasteiger partial charge in [-0.2, -0.15) is 0 Å². The van der Waals surface area contributed by atoms with Gasteiger partial charge in [-0.05, 0) is 42.3 Å². The first kappa shape index (κ1) is 27.4.